The molecule has 3 aromatic rings. The van der Waals surface area contributed by atoms with Crippen molar-refractivity contribution < 1.29 is 0 Å². The maximum atomic E-state index is 2.61. The van der Waals surface area contributed by atoms with Crippen LogP contribution in [0, 0.1) is 0 Å². The number of aryl methyl sites for hydroxylation is 1. The van der Waals surface area contributed by atoms with Crippen molar-refractivity contribution >= 4 is 23.3 Å². The Hall–Kier alpha value is -1.81. The van der Waals surface area contributed by atoms with Crippen LogP contribution in [-0.2, 0) is 13.1 Å². The molecule has 0 amide bonds. The summed E-state index contributed by atoms with van der Waals surface area (Å²) in [5.74, 6) is 0.548. The quantitative estimate of drug-likeness (QED) is 0.637. The molecule has 0 spiro atoms. The normalized spacial score (nSPS) is 20.3. The van der Waals surface area contributed by atoms with E-state index in [9.17, 15) is 0 Å². The lowest BCUT2D eigenvalue weighted by atomic mass is 9.93. The third-order valence-corrected chi connectivity index (χ3v) is 5.84. The van der Waals surface area contributed by atoms with Crippen LogP contribution >= 0.6 is 12.4 Å². The summed E-state index contributed by atoms with van der Waals surface area (Å²) in [5, 5.41) is 1.42. The van der Waals surface area contributed by atoms with Crippen molar-refractivity contribution in [3.05, 3.63) is 71.9 Å². The molecule has 2 aromatic carbocycles. The summed E-state index contributed by atoms with van der Waals surface area (Å²) in [4.78, 5) is 5.02. The Bertz CT molecular complexity index is 872. The van der Waals surface area contributed by atoms with Crippen LogP contribution in [0.15, 0.2) is 60.8 Å². The van der Waals surface area contributed by atoms with Gasteiger partial charge in [0, 0.05) is 55.2 Å². The lowest BCUT2D eigenvalue weighted by Gasteiger charge is -2.25. The van der Waals surface area contributed by atoms with Gasteiger partial charge in [0.15, 0.2) is 0 Å². The van der Waals surface area contributed by atoms with E-state index < -0.39 is 0 Å². The molecule has 144 valence electrons. The molecule has 4 rings (SSSR count). The van der Waals surface area contributed by atoms with Gasteiger partial charge in [-0.25, -0.2) is 0 Å². The van der Waals surface area contributed by atoms with Crippen LogP contribution in [0.5, 0.6) is 0 Å². The first-order valence-corrected chi connectivity index (χ1v) is 9.68. The fourth-order valence-corrected chi connectivity index (χ4v) is 4.50. The van der Waals surface area contributed by atoms with Crippen molar-refractivity contribution in [1.82, 2.24) is 14.4 Å². The van der Waals surface area contributed by atoms with E-state index >= 15 is 0 Å². The number of likely N-dealkylation sites (tertiary alicyclic amines) is 1. The molecule has 0 saturated carbocycles. The Labute approximate surface area is 169 Å². The lowest BCUT2D eigenvalue weighted by molar-refractivity contribution is 0.260. The highest BCUT2D eigenvalue weighted by atomic mass is 35.5. The summed E-state index contributed by atoms with van der Waals surface area (Å²) < 4.78 is 2.40. The summed E-state index contributed by atoms with van der Waals surface area (Å²) in [5.41, 5.74) is 4.28. The first-order chi connectivity index (χ1) is 12.7. The Kier molecular flexibility index (Phi) is 6.25. The van der Waals surface area contributed by atoms with Gasteiger partial charge in [0.25, 0.3) is 0 Å². The predicted molar refractivity (Wildman–Crippen MR) is 117 cm³/mol. The molecule has 1 saturated heterocycles. The number of hydrogen-bond donors (Lipinski definition) is 0. The van der Waals surface area contributed by atoms with Crippen molar-refractivity contribution in [3.8, 4) is 0 Å². The highest BCUT2D eigenvalue weighted by Crippen LogP contribution is 2.36. The van der Waals surface area contributed by atoms with Gasteiger partial charge in [0.05, 0.1) is 0 Å². The number of aromatic nitrogens is 1. The molecule has 0 aliphatic carbocycles. The van der Waals surface area contributed by atoms with Crippen LogP contribution in [0.1, 0.15) is 24.0 Å². The molecule has 0 unspecified atom stereocenters. The molecule has 0 radical (unpaired) electrons. The molecule has 4 heteroatoms. The highest BCUT2D eigenvalue weighted by molar-refractivity contribution is 5.85. The summed E-state index contributed by atoms with van der Waals surface area (Å²) in [6.45, 7) is 6.53. The van der Waals surface area contributed by atoms with Crippen LogP contribution in [0.25, 0.3) is 10.9 Å². The standard InChI is InChI=1S/C23H29N3.ClH/c1-4-26-16-20(19-12-8-9-13-22(19)26)21-15-25(17-23(21)24(2)3)14-18-10-6-5-7-11-18;/h5-13,16,21,23H,4,14-15,17H2,1-3H3;1H/t21-,23+;/m0./s1. The Morgan fingerprint density at radius 1 is 0.963 bits per heavy atom. The van der Waals surface area contributed by atoms with Crippen LogP contribution in [0.3, 0.4) is 0 Å². The van der Waals surface area contributed by atoms with Gasteiger partial charge in [-0.2, -0.15) is 0 Å². The van der Waals surface area contributed by atoms with E-state index in [1.54, 1.807) is 0 Å². The van der Waals surface area contributed by atoms with Gasteiger partial charge in [-0.15, -0.1) is 12.4 Å². The predicted octanol–water partition coefficient (Wildman–Crippen LogP) is 4.61. The van der Waals surface area contributed by atoms with Crippen LogP contribution in [-0.4, -0.2) is 47.6 Å². The van der Waals surface area contributed by atoms with Gasteiger partial charge < -0.3 is 9.47 Å². The van der Waals surface area contributed by atoms with Gasteiger partial charge in [0.1, 0.15) is 0 Å². The monoisotopic (exact) mass is 383 g/mol. The Morgan fingerprint density at radius 2 is 1.67 bits per heavy atom. The Balaban J connectivity index is 0.00000210. The Morgan fingerprint density at radius 3 is 2.37 bits per heavy atom. The van der Waals surface area contributed by atoms with Gasteiger partial charge in [0.2, 0.25) is 0 Å². The van der Waals surface area contributed by atoms with Gasteiger partial charge >= 0.3 is 0 Å². The van der Waals surface area contributed by atoms with Crippen LogP contribution in [0.4, 0.5) is 0 Å². The fraction of sp³-hybridized carbons (Fsp3) is 0.391. The molecule has 1 aromatic heterocycles. The minimum absolute atomic E-state index is 0. The second-order valence-corrected chi connectivity index (χ2v) is 7.70. The summed E-state index contributed by atoms with van der Waals surface area (Å²) in [6, 6.07) is 20.3. The van der Waals surface area contributed by atoms with E-state index in [1.165, 1.54) is 22.0 Å². The minimum Gasteiger partial charge on any atom is -0.347 e. The molecule has 1 aliphatic heterocycles. The zero-order valence-corrected chi connectivity index (χ0v) is 17.3. The van der Waals surface area contributed by atoms with E-state index in [-0.39, 0.29) is 12.4 Å². The van der Waals surface area contributed by atoms with Gasteiger partial charge in [-0.3, -0.25) is 4.90 Å². The fourth-order valence-electron chi connectivity index (χ4n) is 4.50. The second-order valence-electron chi connectivity index (χ2n) is 7.70. The van der Waals surface area contributed by atoms with E-state index in [2.05, 4.69) is 96.2 Å². The highest BCUT2D eigenvalue weighted by Gasteiger charge is 2.36. The van der Waals surface area contributed by atoms with Crippen LogP contribution < -0.4 is 0 Å². The molecule has 0 N–H and O–H groups in total. The molecule has 27 heavy (non-hydrogen) atoms. The number of rotatable bonds is 5. The largest absolute Gasteiger partial charge is 0.347 e. The zero-order valence-electron chi connectivity index (χ0n) is 16.5. The molecule has 3 nitrogen and oxygen atoms in total. The summed E-state index contributed by atoms with van der Waals surface area (Å²) >= 11 is 0. The van der Waals surface area contributed by atoms with Crippen molar-refractivity contribution in [2.45, 2.75) is 32.0 Å². The maximum absolute atomic E-state index is 2.61. The third-order valence-electron chi connectivity index (χ3n) is 5.84. The average molecular weight is 384 g/mol. The summed E-state index contributed by atoms with van der Waals surface area (Å²) in [6.07, 6.45) is 2.40. The molecule has 2 atom stereocenters. The smallest absolute Gasteiger partial charge is 0.0483 e. The van der Waals surface area contributed by atoms with E-state index in [0.29, 0.717) is 12.0 Å². The zero-order chi connectivity index (χ0) is 18.1. The van der Waals surface area contributed by atoms with Gasteiger partial charge in [-0.05, 0) is 38.2 Å². The SMILES string of the molecule is CCn1cc([C@@H]2CN(Cc3ccccc3)C[C@H]2N(C)C)c2ccccc21.Cl. The minimum atomic E-state index is 0. The average Bonchev–Trinajstić information content (AvgIpc) is 3.24. The van der Waals surface area contributed by atoms with Crippen molar-refractivity contribution in [1.29, 1.82) is 0 Å². The molecule has 1 fully saturated rings. The van der Waals surface area contributed by atoms with E-state index in [0.717, 1.165) is 26.2 Å². The second kappa shape index (κ2) is 8.47. The van der Waals surface area contributed by atoms with Crippen molar-refractivity contribution in [3.63, 3.8) is 0 Å². The third kappa shape index (κ3) is 3.91. The molecular formula is C23H30ClN3. The molecule has 0 bridgehead atoms. The number of benzene rings is 2. The number of halogens is 1. The number of fused-ring (bicyclic) bond motifs is 1. The van der Waals surface area contributed by atoms with Gasteiger partial charge in [-0.1, -0.05) is 48.5 Å². The molecule has 2 heterocycles. The molecular weight excluding hydrogens is 354 g/mol. The lowest BCUT2D eigenvalue weighted by Crippen LogP contribution is -2.34. The summed E-state index contributed by atoms with van der Waals surface area (Å²) in [7, 11) is 4.45. The van der Waals surface area contributed by atoms with E-state index in [1.807, 2.05) is 0 Å². The number of nitrogens with zero attached hydrogens (tertiary/aromatic N) is 3. The maximum Gasteiger partial charge on any atom is 0.0483 e. The molecule has 1 aliphatic rings. The first kappa shape index (κ1) is 19.9. The first-order valence-electron chi connectivity index (χ1n) is 9.68. The van der Waals surface area contributed by atoms with E-state index in [4.69, 9.17) is 0 Å². The topological polar surface area (TPSA) is 11.4 Å². The number of hydrogen-bond acceptors (Lipinski definition) is 2. The van der Waals surface area contributed by atoms with Crippen LogP contribution in [0.2, 0.25) is 0 Å². The number of likely N-dealkylation sites (N-methyl/N-ethyl adjacent to an activating group) is 1. The van der Waals surface area contributed by atoms with Crippen molar-refractivity contribution in [2.75, 3.05) is 27.2 Å². The van der Waals surface area contributed by atoms with Crippen molar-refractivity contribution in [2.24, 2.45) is 0 Å². The number of para-hydroxylation sites is 1.